The smallest absolute Gasteiger partial charge is 0.0507 e. The summed E-state index contributed by atoms with van der Waals surface area (Å²) in [5.74, 6) is 0.808. The van der Waals surface area contributed by atoms with Crippen molar-refractivity contribution in [1.29, 1.82) is 0 Å². The van der Waals surface area contributed by atoms with E-state index in [9.17, 15) is 0 Å². The second-order valence-electron chi connectivity index (χ2n) is 7.21. The van der Waals surface area contributed by atoms with E-state index in [4.69, 9.17) is 0 Å². The van der Waals surface area contributed by atoms with Gasteiger partial charge >= 0.3 is 0 Å². The summed E-state index contributed by atoms with van der Waals surface area (Å²) in [7, 11) is 6.64. The van der Waals surface area contributed by atoms with Gasteiger partial charge in [0.1, 0.15) is 0 Å². The average Bonchev–Trinajstić information content (AvgIpc) is 2.44. The molecule has 1 fully saturated rings. The van der Waals surface area contributed by atoms with Crippen molar-refractivity contribution in [3.05, 3.63) is 34.9 Å². The van der Waals surface area contributed by atoms with Gasteiger partial charge < -0.3 is 10.2 Å². The maximum Gasteiger partial charge on any atom is 0.0507 e. The molecule has 3 unspecified atom stereocenters. The van der Waals surface area contributed by atoms with Gasteiger partial charge in [0.25, 0.3) is 0 Å². The van der Waals surface area contributed by atoms with Crippen LogP contribution in [0, 0.1) is 19.8 Å². The minimum Gasteiger partial charge on any atom is -0.311 e. The van der Waals surface area contributed by atoms with Crippen LogP contribution in [-0.2, 0) is 0 Å². The maximum absolute atomic E-state index is 3.66. The third kappa shape index (κ3) is 3.02. The highest BCUT2D eigenvalue weighted by Gasteiger charge is 2.44. The standard InChI is InChI=1S/C19H32N2/c1-14-9-8-12-19(13-14,21(5)6)18(20-4)17-11-7-10-15(2)16(17)3/h7,10-11,14,18,20H,8-9,12-13H2,1-6H3. The zero-order valence-corrected chi connectivity index (χ0v) is 14.7. The van der Waals surface area contributed by atoms with Crippen molar-refractivity contribution in [2.45, 2.75) is 58.0 Å². The van der Waals surface area contributed by atoms with E-state index in [-0.39, 0.29) is 5.54 Å². The van der Waals surface area contributed by atoms with Crippen LogP contribution in [0.25, 0.3) is 0 Å². The molecule has 21 heavy (non-hydrogen) atoms. The summed E-state index contributed by atoms with van der Waals surface area (Å²) in [4.78, 5) is 2.48. The lowest BCUT2D eigenvalue weighted by Gasteiger charge is -2.50. The molecule has 0 aromatic heterocycles. The van der Waals surface area contributed by atoms with Crippen molar-refractivity contribution >= 4 is 0 Å². The molecule has 3 atom stereocenters. The van der Waals surface area contributed by atoms with Gasteiger partial charge in [-0.1, -0.05) is 38.0 Å². The Labute approximate surface area is 130 Å². The number of nitrogens with one attached hydrogen (secondary N) is 1. The predicted molar refractivity (Wildman–Crippen MR) is 91.8 cm³/mol. The van der Waals surface area contributed by atoms with Crippen LogP contribution in [0.2, 0.25) is 0 Å². The van der Waals surface area contributed by atoms with Crippen LogP contribution in [0.3, 0.4) is 0 Å². The van der Waals surface area contributed by atoms with Crippen molar-refractivity contribution in [3.8, 4) is 0 Å². The number of rotatable bonds is 4. The van der Waals surface area contributed by atoms with Gasteiger partial charge in [-0.15, -0.1) is 0 Å². The topological polar surface area (TPSA) is 15.3 Å². The van der Waals surface area contributed by atoms with Crippen molar-refractivity contribution in [3.63, 3.8) is 0 Å². The fraction of sp³-hybridized carbons (Fsp3) is 0.684. The second-order valence-corrected chi connectivity index (χ2v) is 7.21. The number of hydrogen-bond acceptors (Lipinski definition) is 2. The van der Waals surface area contributed by atoms with Crippen LogP contribution in [-0.4, -0.2) is 31.6 Å². The molecule has 2 nitrogen and oxygen atoms in total. The molecule has 0 bridgehead atoms. The van der Waals surface area contributed by atoms with E-state index in [0.29, 0.717) is 6.04 Å². The monoisotopic (exact) mass is 288 g/mol. The first-order valence-corrected chi connectivity index (χ1v) is 8.33. The molecule has 1 N–H and O–H groups in total. The lowest BCUT2D eigenvalue weighted by atomic mass is 9.69. The van der Waals surface area contributed by atoms with E-state index in [0.717, 1.165) is 5.92 Å². The van der Waals surface area contributed by atoms with Crippen LogP contribution in [0.5, 0.6) is 0 Å². The van der Waals surface area contributed by atoms with Gasteiger partial charge in [0.05, 0.1) is 6.04 Å². The zero-order chi connectivity index (χ0) is 15.6. The Balaban J connectivity index is 2.48. The third-order valence-electron chi connectivity index (χ3n) is 5.68. The molecule has 1 aliphatic rings. The van der Waals surface area contributed by atoms with Crippen molar-refractivity contribution in [2.75, 3.05) is 21.1 Å². The first-order valence-electron chi connectivity index (χ1n) is 8.33. The quantitative estimate of drug-likeness (QED) is 0.898. The molecular weight excluding hydrogens is 256 g/mol. The Bertz CT molecular complexity index is 480. The summed E-state index contributed by atoms with van der Waals surface area (Å²) < 4.78 is 0. The van der Waals surface area contributed by atoms with Crippen LogP contribution < -0.4 is 5.32 Å². The lowest BCUT2D eigenvalue weighted by molar-refractivity contribution is 0.0391. The number of benzene rings is 1. The van der Waals surface area contributed by atoms with Crippen LogP contribution >= 0.6 is 0 Å². The highest BCUT2D eigenvalue weighted by atomic mass is 15.2. The Hall–Kier alpha value is -0.860. The Morgan fingerprint density at radius 1 is 1.29 bits per heavy atom. The molecule has 0 spiro atoms. The molecule has 0 heterocycles. The minimum atomic E-state index is 0.227. The number of hydrogen-bond donors (Lipinski definition) is 1. The predicted octanol–water partition coefficient (Wildman–Crippen LogP) is 4.07. The summed E-state index contributed by atoms with van der Waals surface area (Å²) in [6.07, 6.45) is 5.27. The lowest BCUT2D eigenvalue weighted by Crippen LogP contribution is -2.55. The van der Waals surface area contributed by atoms with E-state index in [2.05, 4.69) is 70.3 Å². The van der Waals surface area contributed by atoms with Crippen LogP contribution in [0.1, 0.15) is 55.3 Å². The average molecular weight is 288 g/mol. The molecule has 1 aromatic carbocycles. The summed E-state index contributed by atoms with van der Waals surface area (Å²) in [6.45, 7) is 6.90. The Morgan fingerprint density at radius 3 is 2.57 bits per heavy atom. The normalized spacial score (nSPS) is 27.9. The summed E-state index contributed by atoms with van der Waals surface area (Å²) in [5, 5.41) is 3.66. The molecule has 118 valence electrons. The van der Waals surface area contributed by atoms with E-state index in [1.54, 1.807) is 0 Å². The van der Waals surface area contributed by atoms with Crippen LogP contribution in [0.15, 0.2) is 18.2 Å². The van der Waals surface area contributed by atoms with Gasteiger partial charge in [0.15, 0.2) is 0 Å². The molecule has 1 saturated carbocycles. The Morgan fingerprint density at radius 2 is 2.00 bits per heavy atom. The molecule has 0 amide bonds. The molecule has 2 rings (SSSR count). The molecule has 1 aliphatic carbocycles. The van der Waals surface area contributed by atoms with Crippen molar-refractivity contribution in [2.24, 2.45) is 5.92 Å². The minimum absolute atomic E-state index is 0.227. The van der Waals surface area contributed by atoms with Crippen molar-refractivity contribution in [1.82, 2.24) is 10.2 Å². The molecule has 0 saturated heterocycles. The molecular formula is C19H32N2. The summed E-state index contributed by atoms with van der Waals surface area (Å²) >= 11 is 0. The van der Waals surface area contributed by atoms with Gasteiger partial charge in [-0.3, -0.25) is 0 Å². The van der Waals surface area contributed by atoms with E-state index >= 15 is 0 Å². The number of nitrogens with zero attached hydrogens (tertiary/aromatic N) is 1. The number of aryl methyl sites for hydroxylation is 1. The molecule has 1 aromatic rings. The molecule has 2 heteroatoms. The SMILES string of the molecule is CNC(c1cccc(C)c1C)C1(N(C)C)CCCC(C)C1. The van der Waals surface area contributed by atoms with Gasteiger partial charge in [-0.05, 0) is 70.4 Å². The van der Waals surface area contributed by atoms with E-state index in [1.165, 1.54) is 42.4 Å². The third-order valence-corrected chi connectivity index (χ3v) is 5.68. The number of likely N-dealkylation sites (N-methyl/N-ethyl adjacent to an activating group) is 2. The van der Waals surface area contributed by atoms with Gasteiger partial charge in [-0.25, -0.2) is 0 Å². The second kappa shape index (κ2) is 6.50. The fourth-order valence-electron chi connectivity index (χ4n) is 4.29. The zero-order valence-electron chi connectivity index (χ0n) is 14.7. The van der Waals surface area contributed by atoms with E-state index in [1.807, 2.05) is 0 Å². The first kappa shape index (κ1) is 16.5. The highest BCUT2D eigenvalue weighted by Crippen LogP contribution is 2.44. The van der Waals surface area contributed by atoms with Gasteiger partial charge in [0.2, 0.25) is 0 Å². The largest absolute Gasteiger partial charge is 0.311 e. The van der Waals surface area contributed by atoms with Gasteiger partial charge in [-0.2, -0.15) is 0 Å². The highest BCUT2D eigenvalue weighted by molar-refractivity contribution is 5.37. The first-order chi connectivity index (χ1) is 9.92. The fourth-order valence-corrected chi connectivity index (χ4v) is 4.29. The van der Waals surface area contributed by atoms with Crippen molar-refractivity contribution < 1.29 is 0 Å². The maximum atomic E-state index is 3.66. The van der Waals surface area contributed by atoms with Crippen LogP contribution in [0.4, 0.5) is 0 Å². The molecule has 0 aliphatic heterocycles. The molecule has 0 radical (unpaired) electrons. The summed E-state index contributed by atoms with van der Waals surface area (Å²) in [5.41, 5.74) is 4.53. The summed E-state index contributed by atoms with van der Waals surface area (Å²) in [6, 6.07) is 7.14. The Kier molecular flexibility index (Phi) is 5.11. The van der Waals surface area contributed by atoms with Gasteiger partial charge in [0, 0.05) is 5.54 Å². The van der Waals surface area contributed by atoms with E-state index < -0.39 is 0 Å².